The number of alkyl halides is 3. The summed E-state index contributed by atoms with van der Waals surface area (Å²) in [5.41, 5.74) is 0. The van der Waals surface area contributed by atoms with Crippen molar-refractivity contribution in [2.75, 3.05) is 19.7 Å². The van der Waals surface area contributed by atoms with Crippen molar-refractivity contribution in [1.82, 2.24) is 15.0 Å². The van der Waals surface area contributed by atoms with Crippen LogP contribution < -0.4 is 0 Å². The van der Waals surface area contributed by atoms with E-state index in [4.69, 9.17) is 4.52 Å². The Hall–Kier alpha value is -1.64. The number of aromatic nitrogens is 2. The number of halogens is 3. The van der Waals surface area contributed by atoms with E-state index >= 15 is 0 Å². The summed E-state index contributed by atoms with van der Waals surface area (Å²) in [5, 5.41) is 3.96. The fourth-order valence-electron chi connectivity index (χ4n) is 2.58. The molecule has 0 spiro atoms. The van der Waals surface area contributed by atoms with Crippen molar-refractivity contribution in [3.05, 3.63) is 11.7 Å². The molecule has 9 heteroatoms. The minimum absolute atomic E-state index is 0.0752. The van der Waals surface area contributed by atoms with Crippen molar-refractivity contribution >= 4 is 5.91 Å². The monoisotopic (exact) mass is 349 g/mol. The molecular formula is C15H22F3N3O3. The van der Waals surface area contributed by atoms with Crippen LogP contribution in [0.5, 0.6) is 0 Å². The lowest BCUT2D eigenvalue weighted by atomic mass is 9.97. The SMILES string of the molecule is CC(OCC(F)(F)F)C(=O)N1CCCC(c2noc(C(C)C)n2)C1. The summed E-state index contributed by atoms with van der Waals surface area (Å²) in [4.78, 5) is 18.1. The highest BCUT2D eigenvalue weighted by Gasteiger charge is 2.33. The smallest absolute Gasteiger partial charge is 0.359 e. The second-order valence-electron chi connectivity index (χ2n) is 6.34. The maximum atomic E-state index is 12.3. The van der Waals surface area contributed by atoms with Gasteiger partial charge in [0.2, 0.25) is 5.89 Å². The average Bonchev–Trinajstić information content (AvgIpc) is 3.01. The molecule has 1 aromatic heterocycles. The van der Waals surface area contributed by atoms with Gasteiger partial charge in [-0.3, -0.25) is 4.79 Å². The van der Waals surface area contributed by atoms with Crippen LogP contribution in [0.3, 0.4) is 0 Å². The zero-order chi connectivity index (χ0) is 17.9. The number of hydrogen-bond acceptors (Lipinski definition) is 5. The normalized spacial score (nSPS) is 20.5. The Labute approximate surface area is 138 Å². The molecule has 2 rings (SSSR count). The molecule has 0 saturated carbocycles. The van der Waals surface area contributed by atoms with Gasteiger partial charge in [0, 0.05) is 24.9 Å². The maximum absolute atomic E-state index is 12.3. The van der Waals surface area contributed by atoms with Crippen LogP contribution in [-0.4, -0.2) is 52.9 Å². The first-order valence-electron chi connectivity index (χ1n) is 7.98. The minimum atomic E-state index is -4.45. The van der Waals surface area contributed by atoms with Gasteiger partial charge in [-0.1, -0.05) is 19.0 Å². The first kappa shape index (κ1) is 18.7. The summed E-state index contributed by atoms with van der Waals surface area (Å²) in [6, 6.07) is 0. The largest absolute Gasteiger partial charge is 0.411 e. The first-order valence-corrected chi connectivity index (χ1v) is 7.98. The molecule has 2 heterocycles. The standard InChI is InChI=1S/C15H22F3N3O3/c1-9(2)13-19-12(20-24-13)11-5-4-6-21(7-11)14(22)10(3)23-8-15(16,17)18/h9-11H,4-8H2,1-3H3. The summed E-state index contributed by atoms with van der Waals surface area (Å²) in [6.45, 7) is 4.63. The molecule has 1 aliphatic rings. The predicted molar refractivity (Wildman–Crippen MR) is 78.4 cm³/mol. The number of ether oxygens (including phenoxy) is 1. The zero-order valence-electron chi connectivity index (χ0n) is 14.0. The molecule has 0 bridgehead atoms. The maximum Gasteiger partial charge on any atom is 0.411 e. The third kappa shape index (κ3) is 4.93. The average molecular weight is 349 g/mol. The van der Waals surface area contributed by atoms with Gasteiger partial charge in [0.15, 0.2) is 5.82 Å². The molecule has 24 heavy (non-hydrogen) atoms. The van der Waals surface area contributed by atoms with E-state index < -0.39 is 24.8 Å². The van der Waals surface area contributed by atoms with E-state index in [1.807, 2.05) is 13.8 Å². The molecule has 1 saturated heterocycles. The van der Waals surface area contributed by atoms with Crippen LogP contribution >= 0.6 is 0 Å². The van der Waals surface area contributed by atoms with E-state index in [-0.39, 0.29) is 11.8 Å². The van der Waals surface area contributed by atoms with Crippen LogP contribution in [0, 0.1) is 0 Å². The number of carbonyl (C=O) groups is 1. The predicted octanol–water partition coefficient (Wildman–Crippen LogP) is 2.87. The summed E-state index contributed by atoms with van der Waals surface area (Å²) in [5.74, 6) is 0.670. The second kappa shape index (κ2) is 7.50. The minimum Gasteiger partial charge on any atom is -0.359 e. The van der Waals surface area contributed by atoms with E-state index in [2.05, 4.69) is 14.9 Å². The van der Waals surface area contributed by atoms with Gasteiger partial charge in [0.1, 0.15) is 12.7 Å². The number of carbonyl (C=O) groups excluding carboxylic acids is 1. The van der Waals surface area contributed by atoms with Gasteiger partial charge in [0.25, 0.3) is 5.91 Å². The van der Waals surface area contributed by atoms with Crippen LogP contribution in [0.2, 0.25) is 0 Å². The van der Waals surface area contributed by atoms with Crippen molar-refractivity contribution in [2.24, 2.45) is 0 Å². The van der Waals surface area contributed by atoms with E-state index in [9.17, 15) is 18.0 Å². The molecule has 136 valence electrons. The highest BCUT2D eigenvalue weighted by molar-refractivity contribution is 5.80. The molecule has 0 N–H and O–H groups in total. The number of piperidine rings is 1. The summed E-state index contributed by atoms with van der Waals surface area (Å²) >= 11 is 0. The molecule has 1 fully saturated rings. The third-order valence-electron chi connectivity index (χ3n) is 3.89. The Morgan fingerprint density at radius 2 is 2.12 bits per heavy atom. The molecule has 0 aromatic carbocycles. The Morgan fingerprint density at radius 3 is 2.71 bits per heavy atom. The Balaban J connectivity index is 1.95. The summed E-state index contributed by atoms with van der Waals surface area (Å²) in [6.07, 6.45) is -4.05. The summed E-state index contributed by atoms with van der Waals surface area (Å²) < 4.78 is 46.4. The van der Waals surface area contributed by atoms with Crippen LogP contribution in [0.25, 0.3) is 0 Å². The molecule has 0 radical (unpaired) electrons. The van der Waals surface area contributed by atoms with Gasteiger partial charge >= 0.3 is 6.18 Å². The zero-order valence-corrected chi connectivity index (χ0v) is 14.0. The van der Waals surface area contributed by atoms with Gasteiger partial charge in [-0.15, -0.1) is 0 Å². The third-order valence-corrected chi connectivity index (χ3v) is 3.89. The van der Waals surface area contributed by atoms with Gasteiger partial charge in [-0.05, 0) is 19.8 Å². The fourth-order valence-corrected chi connectivity index (χ4v) is 2.58. The van der Waals surface area contributed by atoms with Crippen molar-refractivity contribution in [3.8, 4) is 0 Å². The van der Waals surface area contributed by atoms with E-state index in [1.54, 1.807) is 0 Å². The van der Waals surface area contributed by atoms with E-state index in [0.717, 1.165) is 12.8 Å². The van der Waals surface area contributed by atoms with Gasteiger partial charge < -0.3 is 14.2 Å². The molecule has 1 amide bonds. The molecule has 2 unspecified atom stereocenters. The number of rotatable bonds is 5. The Kier molecular flexibility index (Phi) is 5.84. The molecular weight excluding hydrogens is 327 g/mol. The van der Waals surface area contributed by atoms with Crippen molar-refractivity contribution in [3.63, 3.8) is 0 Å². The van der Waals surface area contributed by atoms with Crippen LogP contribution in [0.15, 0.2) is 4.52 Å². The second-order valence-corrected chi connectivity index (χ2v) is 6.34. The number of likely N-dealkylation sites (tertiary alicyclic amines) is 1. The molecule has 1 aliphatic heterocycles. The summed E-state index contributed by atoms with van der Waals surface area (Å²) in [7, 11) is 0. The van der Waals surface area contributed by atoms with Crippen LogP contribution in [0.4, 0.5) is 13.2 Å². The Bertz CT molecular complexity index is 560. The van der Waals surface area contributed by atoms with Crippen LogP contribution in [-0.2, 0) is 9.53 Å². The quantitative estimate of drug-likeness (QED) is 0.818. The topological polar surface area (TPSA) is 68.5 Å². The molecule has 0 aliphatic carbocycles. The van der Waals surface area contributed by atoms with Crippen molar-refractivity contribution in [2.45, 2.75) is 57.7 Å². The number of hydrogen-bond donors (Lipinski definition) is 0. The highest BCUT2D eigenvalue weighted by atomic mass is 19.4. The van der Waals surface area contributed by atoms with Crippen molar-refractivity contribution in [1.29, 1.82) is 0 Å². The van der Waals surface area contributed by atoms with Crippen LogP contribution in [0.1, 0.15) is 57.2 Å². The van der Waals surface area contributed by atoms with Gasteiger partial charge in [-0.25, -0.2) is 0 Å². The fraction of sp³-hybridized carbons (Fsp3) is 0.800. The Morgan fingerprint density at radius 1 is 1.42 bits per heavy atom. The lowest BCUT2D eigenvalue weighted by Gasteiger charge is -2.33. The van der Waals surface area contributed by atoms with E-state index in [1.165, 1.54) is 11.8 Å². The highest BCUT2D eigenvalue weighted by Crippen LogP contribution is 2.27. The van der Waals surface area contributed by atoms with E-state index in [0.29, 0.717) is 24.8 Å². The molecule has 1 aromatic rings. The van der Waals surface area contributed by atoms with Crippen molar-refractivity contribution < 1.29 is 27.2 Å². The lowest BCUT2D eigenvalue weighted by Crippen LogP contribution is -2.45. The molecule has 2 atom stereocenters. The van der Waals surface area contributed by atoms with Gasteiger partial charge in [0.05, 0.1) is 0 Å². The molecule has 6 nitrogen and oxygen atoms in total. The lowest BCUT2D eigenvalue weighted by molar-refractivity contribution is -0.188. The number of amides is 1. The van der Waals surface area contributed by atoms with Gasteiger partial charge in [-0.2, -0.15) is 18.2 Å². The number of nitrogens with zero attached hydrogens (tertiary/aromatic N) is 3. The first-order chi connectivity index (χ1) is 11.2.